The van der Waals surface area contributed by atoms with Crippen molar-refractivity contribution < 1.29 is 27.8 Å². The second-order valence-corrected chi connectivity index (χ2v) is 13.8. The lowest BCUT2D eigenvalue weighted by molar-refractivity contribution is 0.367. The van der Waals surface area contributed by atoms with E-state index in [4.69, 9.17) is 27.8 Å². The van der Waals surface area contributed by atoms with Crippen molar-refractivity contribution in [3.05, 3.63) is 71.3 Å². The monoisotopic (exact) mass is 568 g/mol. The Bertz CT molecular complexity index is 1140. The first kappa shape index (κ1) is 31.4. The molecule has 0 unspecified atom stereocenters. The molecule has 0 heterocycles. The predicted molar refractivity (Wildman–Crippen MR) is 164 cm³/mol. The largest absolute Gasteiger partial charge is 0.530 e. The van der Waals surface area contributed by atoms with Gasteiger partial charge in [0, 0.05) is 16.7 Å². The highest BCUT2D eigenvalue weighted by atomic mass is 31.2. The van der Waals surface area contributed by atoms with E-state index in [0.29, 0.717) is 17.2 Å². The van der Waals surface area contributed by atoms with Crippen LogP contribution < -0.4 is 27.8 Å². The number of rotatable bonds is 9. The molecule has 0 atom stereocenters. The number of methoxy groups -OCH3 is 3. The Hall–Kier alpha value is -3.11. The van der Waals surface area contributed by atoms with Crippen LogP contribution >= 0.6 is 8.60 Å². The molecular weight excluding hydrogens is 523 g/mol. The van der Waals surface area contributed by atoms with E-state index in [1.165, 1.54) is 0 Å². The SMILES string of the molecule is COc1ccc(OP(Oc2ccc(OC)cc2C(C)(C)C)Oc2ccc(OC)cc2C(C)(C)C)c(C(C)(C)C)c1. The Balaban J connectivity index is 2.14. The highest BCUT2D eigenvalue weighted by Gasteiger charge is 2.31. The maximum atomic E-state index is 6.63. The second-order valence-electron chi connectivity index (χ2n) is 12.8. The normalized spacial score (nSPS) is 12.2. The quantitative estimate of drug-likeness (QED) is 0.240. The van der Waals surface area contributed by atoms with Gasteiger partial charge in [0.1, 0.15) is 34.5 Å². The minimum absolute atomic E-state index is 0.210. The highest BCUT2D eigenvalue weighted by molar-refractivity contribution is 7.43. The highest BCUT2D eigenvalue weighted by Crippen LogP contribution is 2.50. The molecule has 0 saturated carbocycles. The van der Waals surface area contributed by atoms with E-state index in [1.54, 1.807) is 21.3 Å². The third-order valence-electron chi connectivity index (χ3n) is 6.50. The van der Waals surface area contributed by atoms with E-state index in [2.05, 4.69) is 62.3 Å². The molecule has 6 nitrogen and oxygen atoms in total. The first-order valence-corrected chi connectivity index (χ1v) is 14.6. The molecule has 7 heteroatoms. The van der Waals surface area contributed by atoms with Gasteiger partial charge < -0.3 is 27.8 Å². The molecule has 218 valence electrons. The fourth-order valence-electron chi connectivity index (χ4n) is 4.20. The molecule has 0 amide bonds. The van der Waals surface area contributed by atoms with Crippen LogP contribution in [0.5, 0.6) is 34.5 Å². The van der Waals surface area contributed by atoms with Gasteiger partial charge in [0.15, 0.2) is 0 Å². The average Bonchev–Trinajstić information content (AvgIpc) is 2.87. The van der Waals surface area contributed by atoms with Crippen molar-refractivity contribution in [3.63, 3.8) is 0 Å². The summed E-state index contributed by atoms with van der Waals surface area (Å²) in [6.45, 7) is 19.3. The molecule has 0 fully saturated rings. The molecule has 0 N–H and O–H groups in total. The van der Waals surface area contributed by atoms with Crippen LogP contribution in [0.15, 0.2) is 54.6 Å². The van der Waals surface area contributed by atoms with Gasteiger partial charge >= 0.3 is 8.60 Å². The van der Waals surface area contributed by atoms with Crippen molar-refractivity contribution >= 4 is 8.60 Å². The molecule has 0 aliphatic heterocycles. The van der Waals surface area contributed by atoms with Gasteiger partial charge in [0.25, 0.3) is 0 Å². The number of hydrogen-bond donors (Lipinski definition) is 0. The molecule has 3 aromatic rings. The summed E-state index contributed by atoms with van der Waals surface area (Å²) >= 11 is 0. The molecule has 0 bridgehead atoms. The van der Waals surface area contributed by atoms with Gasteiger partial charge in [-0.1, -0.05) is 62.3 Å². The van der Waals surface area contributed by atoms with Crippen molar-refractivity contribution in [2.45, 2.75) is 78.6 Å². The number of hydrogen-bond acceptors (Lipinski definition) is 6. The molecule has 0 aromatic heterocycles. The van der Waals surface area contributed by atoms with Gasteiger partial charge in [-0.15, -0.1) is 0 Å². The van der Waals surface area contributed by atoms with Gasteiger partial charge in [-0.05, 0) is 70.8 Å². The summed E-state index contributed by atoms with van der Waals surface area (Å²) in [5.74, 6) is 4.32. The first-order chi connectivity index (χ1) is 18.6. The predicted octanol–water partition coefficient (Wildman–Crippen LogP) is 9.37. The van der Waals surface area contributed by atoms with Crippen LogP contribution in [-0.4, -0.2) is 21.3 Å². The Kier molecular flexibility index (Phi) is 9.57. The Morgan fingerprint density at radius 2 is 0.675 bits per heavy atom. The van der Waals surface area contributed by atoms with Gasteiger partial charge in [-0.2, -0.15) is 0 Å². The number of ether oxygens (including phenoxy) is 3. The molecule has 0 spiro atoms. The van der Waals surface area contributed by atoms with Gasteiger partial charge in [-0.25, -0.2) is 0 Å². The maximum absolute atomic E-state index is 6.63. The molecule has 3 aromatic carbocycles. The van der Waals surface area contributed by atoms with Crippen LogP contribution in [-0.2, 0) is 16.2 Å². The van der Waals surface area contributed by atoms with Crippen LogP contribution in [0.4, 0.5) is 0 Å². The summed E-state index contributed by atoms with van der Waals surface area (Å²) in [5.41, 5.74) is 2.34. The minimum atomic E-state index is -1.94. The third-order valence-corrected chi connectivity index (χ3v) is 7.54. The lowest BCUT2D eigenvalue weighted by Gasteiger charge is -2.29. The lowest BCUT2D eigenvalue weighted by Crippen LogP contribution is -2.17. The van der Waals surface area contributed by atoms with E-state index in [1.807, 2.05) is 54.6 Å². The topological polar surface area (TPSA) is 55.4 Å². The van der Waals surface area contributed by atoms with Gasteiger partial charge in [-0.3, -0.25) is 0 Å². The van der Waals surface area contributed by atoms with Crippen LogP contribution in [0.1, 0.15) is 79.0 Å². The smallest absolute Gasteiger partial charge is 0.497 e. The first-order valence-electron chi connectivity index (χ1n) is 13.5. The van der Waals surface area contributed by atoms with E-state index < -0.39 is 8.60 Å². The van der Waals surface area contributed by atoms with Crippen molar-refractivity contribution in [1.82, 2.24) is 0 Å². The zero-order valence-electron chi connectivity index (χ0n) is 26.1. The molecular formula is C33H45O6P. The van der Waals surface area contributed by atoms with Crippen molar-refractivity contribution in [2.24, 2.45) is 0 Å². The lowest BCUT2D eigenvalue weighted by atomic mass is 9.86. The van der Waals surface area contributed by atoms with Crippen LogP contribution in [0.3, 0.4) is 0 Å². The summed E-state index contributed by atoms with van der Waals surface area (Å²) in [5, 5.41) is 0. The van der Waals surface area contributed by atoms with E-state index in [-0.39, 0.29) is 16.2 Å². The average molecular weight is 569 g/mol. The van der Waals surface area contributed by atoms with Crippen LogP contribution in [0.25, 0.3) is 0 Å². The van der Waals surface area contributed by atoms with Crippen molar-refractivity contribution in [3.8, 4) is 34.5 Å². The summed E-state index contributed by atoms with van der Waals surface area (Å²) in [4.78, 5) is 0. The van der Waals surface area contributed by atoms with E-state index in [9.17, 15) is 0 Å². The Labute approximate surface area is 241 Å². The number of benzene rings is 3. The van der Waals surface area contributed by atoms with Crippen molar-refractivity contribution in [1.29, 1.82) is 0 Å². The fraction of sp³-hybridized carbons (Fsp3) is 0.455. The molecule has 0 saturated heterocycles. The molecule has 3 rings (SSSR count). The van der Waals surface area contributed by atoms with Crippen LogP contribution in [0, 0.1) is 0 Å². The zero-order valence-corrected chi connectivity index (χ0v) is 27.0. The zero-order chi connectivity index (χ0) is 29.9. The summed E-state index contributed by atoms with van der Waals surface area (Å²) in [6.07, 6.45) is 0. The minimum Gasteiger partial charge on any atom is -0.497 e. The molecule has 40 heavy (non-hydrogen) atoms. The van der Waals surface area contributed by atoms with Crippen LogP contribution in [0.2, 0.25) is 0 Å². The standard InChI is InChI=1S/C33H45O6P/c1-31(2,3)25-19-22(34-10)13-16-28(25)37-40(38-29-17-14-23(35-11)20-26(29)32(4,5)6)39-30-18-15-24(36-12)21-27(30)33(7,8)9/h13-21H,1-12H3. The Morgan fingerprint density at radius 3 is 0.875 bits per heavy atom. The molecule has 0 radical (unpaired) electrons. The Morgan fingerprint density at radius 1 is 0.425 bits per heavy atom. The summed E-state index contributed by atoms with van der Waals surface area (Å²) < 4.78 is 36.4. The second kappa shape index (κ2) is 12.2. The molecule has 0 aliphatic rings. The molecule has 0 aliphatic carbocycles. The maximum Gasteiger partial charge on any atom is 0.530 e. The van der Waals surface area contributed by atoms with E-state index >= 15 is 0 Å². The van der Waals surface area contributed by atoms with Gasteiger partial charge in [0.2, 0.25) is 0 Å². The van der Waals surface area contributed by atoms with E-state index in [0.717, 1.165) is 33.9 Å². The van der Waals surface area contributed by atoms with Crippen molar-refractivity contribution in [2.75, 3.05) is 21.3 Å². The summed E-state index contributed by atoms with van der Waals surface area (Å²) in [6, 6.07) is 17.4. The summed E-state index contributed by atoms with van der Waals surface area (Å²) in [7, 11) is 3.05. The third kappa shape index (κ3) is 7.75. The van der Waals surface area contributed by atoms with Gasteiger partial charge in [0.05, 0.1) is 21.3 Å². The fourth-order valence-corrected chi connectivity index (χ4v) is 5.27.